The molecular weight excluding hydrogens is 327 g/mol. The van der Waals surface area contributed by atoms with Gasteiger partial charge in [-0.25, -0.2) is 4.39 Å². The maximum atomic E-state index is 12.9. The second kappa shape index (κ2) is 6.38. The van der Waals surface area contributed by atoms with Gasteiger partial charge in [0.15, 0.2) is 6.61 Å². The van der Waals surface area contributed by atoms with E-state index in [0.29, 0.717) is 11.4 Å². The van der Waals surface area contributed by atoms with Gasteiger partial charge in [-0.2, -0.15) is 0 Å². The first kappa shape index (κ1) is 14.3. The number of nitrogen functional groups attached to an aromatic ring is 1. The van der Waals surface area contributed by atoms with Crippen LogP contribution in [0.25, 0.3) is 0 Å². The monoisotopic (exact) mass is 338 g/mol. The molecule has 4 nitrogen and oxygen atoms in total. The molecule has 0 aliphatic rings. The molecule has 1 amide bonds. The minimum Gasteiger partial charge on any atom is -0.484 e. The number of hydrogen-bond donors (Lipinski definition) is 2. The Morgan fingerprint density at radius 3 is 2.80 bits per heavy atom. The number of nitrogens with two attached hydrogens (primary N) is 1. The van der Waals surface area contributed by atoms with Crippen LogP contribution in [-0.2, 0) is 4.79 Å². The molecule has 0 fully saturated rings. The normalized spacial score (nSPS) is 10.1. The summed E-state index contributed by atoms with van der Waals surface area (Å²) in [5.74, 6) is -0.254. The molecule has 0 aliphatic heterocycles. The summed E-state index contributed by atoms with van der Waals surface area (Å²) in [6, 6.07) is 10.9. The van der Waals surface area contributed by atoms with Gasteiger partial charge in [0.1, 0.15) is 11.6 Å². The first-order valence-corrected chi connectivity index (χ1v) is 6.57. The molecule has 3 N–H and O–H groups in total. The molecule has 104 valence electrons. The van der Waals surface area contributed by atoms with Gasteiger partial charge in [-0.3, -0.25) is 4.79 Å². The van der Waals surface area contributed by atoms with Gasteiger partial charge in [-0.15, -0.1) is 0 Å². The van der Waals surface area contributed by atoms with Gasteiger partial charge in [0, 0.05) is 4.47 Å². The minimum absolute atomic E-state index is 0.159. The molecule has 0 spiro atoms. The molecule has 0 bridgehead atoms. The number of carbonyl (C=O) groups is 1. The summed E-state index contributed by atoms with van der Waals surface area (Å²) in [5, 5.41) is 2.55. The lowest BCUT2D eigenvalue weighted by Crippen LogP contribution is -2.20. The molecule has 0 aromatic heterocycles. The Balaban J connectivity index is 1.92. The number of hydrogen-bond acceptors (Lipinski definition) is 3. The first-order chi connectivity index (χ1) is 9.54. The summed E-state index contributed by atoms with van der Waals surface area (Å²) in [6.45, 7) is -0.159. The number of amides is 1. The fourth-order valence-electron chi connectivity index (χ4n) is 1.54. The van der Waals surface area contributed by atoms with Crippen molar-refractivity contribution in [2.24, 2.45) is 0 Å². The summed E-state index contributed by atoms with van der Waals surface area (Å²) in [5.41, 5.74) is 6.12. The van der Waals surface area contributed by atoms with Gasteiger partial charge >= 0.3 is 0 Å². The molecule has 2 aromatic rings. The maximum Gasteiger partial charge on any atom is 0.262 e. The van der Waals surface area contributed by atoms with Crippen molar-refractivity contribution in [3.8, 4) is 5.75 Å². The van der Waals surface area contributed by atoms with E-state index in [0.717, 1.165) is 10.5 Å². The predicted octanol–water partition coefficient (Wildman–Crippen LogP) is 3.19. The smallest absolute Gasteiger partial charge is 0.262 e. The first-order valence-electron chi connectivity index (χ1n) is 5.78. The summed E-state index contributed by atoms with van der Waals surface area (Å²) in [6.07, 6.45) is 0. The van der Waals surface area contributed by atoms with E-state index < -0.39 is 5.82 Å². The Morgan fingerprint density at radius 2 is 2.10 bits per heavy atom. The van der Waals surface area contributed by atoms with Crippen molar-refractivity contribution in [1.29, 1.82) is 0 Å². The summed E-state index contributed by atoms with van der Waals surface area (Å²) in [4.78, 5) is 11.7. The minimum atomic E-state index is -0.453. The molecule has 0 unspecified atom stereocenters. The largest absolute Gasteiger partial charge is 0.484 e. The third-order valence-corrected chi connectivity index (χ3v) is 2.95. The Morgan fingerprint density at radius 1 is 1.30 bits per heavy atom. The van der Waals surface area contributed by atoms with Crippen molar-refractivity contribution in [3.05, 3.63) is 52.8 Å². The number of ether oxygens (including phenoxy) is 1. The second-order valence-corrected chi connectivity index (χ2v) is 4.94. The molecule has 2 rings (SSSR count). The lowest BCUT2D eigenvalue weighted by Gasteiger charge is -2.09. The molecule has 0 saturated carbocycles. The van der Waals surface area contributed by atoms with E-state index in [-0.39, 0.29) is 18.2 Å². The molecule has 20 heavy (non-hydrogen) atoms. The fraction of sp³-hybridized carbons (Fsp3) is 0.0714. The van der Waals surface area contributed by atoms with E-state index in [1.54, 1.807) is 18.2 Å². The molecule has 0 radical (unpaired) electrons. The van der Waals surface area contributed by atoms with Crippen molar-refractivity contribution >= 4 is 33.2 Å². The van der Waals surface area contributed by atoms with E-state index in [2.05, 4.69) is 21.2 Å². The van der Waals surface area contributed by atoms with Gasteiger partial charge in [-0.1, -0.05) is 22.0 Å². The van der Waals surface area contributed by atoms with Gasteiger partial charge < -0.3 is 15.8 Å². The topological polar surface area (TPSA) is 64.3 Å². The molecular formula is C14H12BrFN2O2. The highest BCUT2D eigenvalue weighted by Crippen LogP contribution is 2.20. The fourth-order valence-corrected chi connectivity index (χ4v) is 1.92. The Labute approximate surface area is 123 Å². The van der Waals surface area contributed by atoms with Crippen molar-refractivity contribution in [2.45, 2.75) is 0 Å². The van der Waals surface area contributed by atoms with E-state index in [1.807, 2.05) is 6.07 Å². The van der Waals surface area contributed by atoms with Crippen molar-refractivity contribution in [1.82, 2.24) is 0 Å². The standard InChI is InChI=1S/C14H12BrFN2O2/c15-9-2-1-3-11(6-9)20-8-14(19)18-13-5-4-10(16)7-12(13)17/h1-7H,8,17H2,(H,18,19). The molecule has 2 aromatic carbocycles. The number of halogens is 2. The predicted molar refractivity (Wildman–Crippen MR) is 79.1 cm³/mol. The lowest BCUT2D eigenvalue weighted by atomic mass is 10.2. The quantitative estimate of drug-likeness (QED) is 0.841. The SMILES string of the molecule is Nc1cc(F)ccc1NC(=O)COc1cccc(Br)c1. The zero-order valence-electron chi connectivity index (χ0n) is 10.4. The van der Waals surface area contributed by atoms with E-state index in [1.165, 1.54) is 12.1 Å². The van der Waals surface area contributed by atoms with Gasteiger partial charge in [-0.05, 0) is 36.4 Å². The molecule has 0 aliphatic carbocycles. The van der Waals surface area contributed by atoms with Crippen LogP contribution < -0.4 is 15.8 Å². The highest BCUT2D eigenvalue weighted by atomic mass is 79.9. The van der Waals surface area contributed by atoms with Crippen molar-refractivity contribution in [3.63, 3.8) is 0 Å². The third kappa shape index (κ3) is 3.96. The molecule has 0 heterocycles. The zero-order chi connectivity index (χ0) is 14.5. The van der Waals surface area contributed by atoms with Crippen LogP contribution in [-0.4, -0.2) is 12.5 Å². The molecule has 6 heteroatoms. The summed E-state index contributed by atoms with van der Waals surface area (Å²) >= 11 is 3.31. The Bertz CT molecular complexity index is 634. The van der Waals surface area contributed by atoms with Gasteiger partial charge in [0.05, 0.1) is 11.4 Å². The summed E-state index contributed by atoms with van der Waals surface area (Å²) < 4.78 is 19.1. The van der Waals surface area contributed by atoms with Crippen LogP contribution in [0.1, 0.15) is 0 Å². The van der Waals surface area contributed by atoms with Gasteiger partial charge in [0.25, 0.3) is 5.91 Å². The lowest BCUT2D eigenvalue weighted by molar-refractivity contribution is -0.118. The van der Waals surface area contributed by atoms with Crippen LogP contribution in [0.4, 0.5) is 15.8 Å². The average Bonchev–Trinajstić information content (AvgIpc) is 2.40. The van der Waals surface area contributed by atoms with E-state index in [9.17, 15) is 9.18 Å². The van der Waals surface area contributed by atoms with Crippen LogP contribution >= 0.6 is 15.9 Å². The highest BCUT2D eigenvalue weighted by Gasteiger charge is 2.07. The van der Waals surface area contributed by atoms with Crippen LogP contribution in [0.15, 0.2) is 46.9 Å². The number of carbonyl (C=O) groups excluding carboxylic acids is 1. The van der Waals surface area contributed by atoms with Crippen LogP contribution in [0.2, 0.25) is 0 Å². The Kier molecular flexibility index (Phi) is 4.57. The van der Waals surface area contributed by atoms with Crippen molar-refractivity contribution < 1.29 is 13.9 Å². The number of benzene rings is 2. The third-order valence-electron chi connectivity index (χ3n) is 2.45. The van der Waals surface area contributed by atoms with Crippen molar-refractivity contribution in [2.75, 3.05) is 17.7 Å². The molecule has 0 saturated heterocycles. The van der Waals surface area contributed by atoms with E-state index >= 15 is 0 Å². The Hall–Kier alpha value is -2.08. The number of anilines is 2. The van der Waals surface area contributed by atoms with Crippen LogP contribution in [0.3, 0.4) is 0 Å². The summed E-state index contributed by atoms with van der Waals surface area (Å²) in [7, 11) is 0. The average molecular weight is 339 g/mol. The van der Waals surface area contributed by atoms with Crippen LogP contribution in [0, 0.1) is 5.82 Å². The van der Waals surface area contributed by atoms with Gasteiger partial charge in [0.2, 0.25) is 0 Å². The van der Waals surface area contributed by atoms with Crippen LogP contribution in [0.5, 0.6) is 5.75 Å². The number of nitrogens with one attached hydrogen (secondary N) is 1. The highest BCUT2D eigenvalue weighted by molar-refractivity contribution is 9.10. The number of rotatable bonds is 4. The molecule has 0 atom stereocenters. The van der Waals surface area contributed by atoms with E-state index in [4.69, 9.17) is 10.5 Å². The second-order valence-electron chi connectivity index (χ2n) is 4.03. The zero-order valence-corrected chi connectivity index (χ0v) is 12.0. The maximum absolute atomic E-state index is 12.9.